The third-order valence-electron chi connectivity index (χ3n) is 1.25. The van der Waals surface area contributed by atoms with E-state index in [9.17, 15) is 0 Å². The molecule has 0 saturated heterocycles. The first-order chi connectivity index (χ1) is 4.09. The predicted molar refractivity (Wildman–Crippen MR) is 38.8 cm³/mol. The van der Waals surface area contributed by atoms with Crippen LogP contribution < -0.4 is 0 Å². The lowest BCUT2D eigenvalue weighted by atomic mass is 10.0. The molecular weight excluding hydrogens is 112 g/mol. The molecule has 0 aliphatic heterocycles. The molecule has 0 amide bonds. The highest BCUT2D eigenvalue weighted by atomic mass is 16.3. The van der Waals surface area contributed by atoms with Crippen LogP contribution in [0.1, 0.15) is 13.8 Å². The first kappa shape index (κ1) is 8.26. The maximum absolute atomic E-state index is 8.96. The van der Waals surface area contributed by atoms with E-state index in [-0.39, 0.29) is 5.92 Å². The predicted octanol–water partition coefficient (Wildman–Crippen LogP) is 1.19. The summed E-state index contributed by atoms with van der Waals surface area (Å²) in [7, 11) is 0. The number of hydrogen-bond donors (Lipinski definition) is 1. The molecule has 0 aromatic carbocycles. The molecule has 0 aliphatic carbocycles. The van der Waals surface area contributed by atoms with E-state index < -0.39 is 6.10 Å². The van der Waals surface area contributed by atoms with Crippen LogP contribution in [-0.4, -0.2) is 11.2 Å². The van der Waals surface area contributed by atoms with Crippen LogP contribution in [0.15, 0.2) is 12.2 Å². The van der Waals surface area contributed by atoms with E-state index in [2.05, 4.69) is 12.5 Å². The van der Waals surface area contributed by atoms with Crippen molar-refractivity contribution in [2.45, 2.75) is 20.0 Å². The lowest BCUT2D eigenvalue weighted by Crippen LogP contribution is -2.10. The highest BCUT2D eigenvalue weighted by Crippen LogP contribution is 2.09. The van der Waals surface area contributed by atoms with E-state index in [0.717, 1.165) is 0 Å². The van der Waals surface area contributed by atoms with Crippen LogP contribution >= 0.6 is 0 Å². The van der Waals surface area contributed by atoms with Gasteiger partial charge in [-0.2, -0.15) is 0 Å². The lowest BCUT2D eigenvalue weighted by molar-refractivity contribution is 0.257. The van der Waals surface area contributed by atoms with Gasteiger partial charge in [0, 0.05) is 0 Å². The second-order valence-corrected chi connectivity index (χ2v) is 2.30. The highest BCUT2D eigenvalue weighted by molar-refractivity contribution is 5.16. The van der Waals surface area contributed by atoms with Crippen LogP contribution in [0.25, 0.3) is 0 Å². The Labute approximate surface area is 56.4 Å². The Hall–Kier alpha value is -0.740. The molecule has 1 N–H and O–H groups in total. The van der Waals surface area contributed by atoms with Crippen molar-refractivity contribution < 1.29 is 5.11 Å². The minimum Gasteiger partial charge on any atom is -0.376 e. The monoisotopic (exact) mass is 124 g/mol. The van der Waals surface area contributed by atoms with Crippen molar-refractivity contribution in [1.29, 1.82) is 0 Å². The van der Waals surface area contributed by atoms with Gasteiger partial charge in [-0.05, 0) is 11.5 Å². The van der Waals surface area contributed by atoms with Gasteiger partial charge in [0.2, 0.25) is 0 Å². The first-order valence-corrected chi connectivity index (χ1v) is 2.92. The Morgan fingerprint density at radius 1 is 1.67 bits per heavy atom. The number of terminal acetylenes is 1. The molecule has 0 aromatic heterocycles. The van der Waals surface area contributed by atoms with Gasteiger partial charge in [0.15, 0.2) is 0 Å². The average molecular weight is 124 g/mol. The molecule has 50 valence electrons. The van der Waals surface area contributed by atoms with Crippen molar-refractivity contribution in [1.82, 2.24) is 0 Å². The minimum absolute atomic E-state index is 0.260. The highest BCUT2D eigenvalue weighted by Gasteiger charge is 2.07. The average Bonchev–Trinajstić information content (AvgIpc) is 1.84. The molecule has 1 nitrogen and oxygen atoms in total. The molecule has 1 unspecified atom stereocenters. The van der Waals surface area contributed by atoms with Crippen molar-refractivity contribution in [3.63, 3.8) is 0 Å². The van der Waals surface area contributed by atoms with Gasteiger partial charge in [-0.25, -0.2) is 0 Å². The summed E-state index contributed by atoms with van der Waals surface area (Å²) in [5.74, 6) is 2.46. The fourth-order valence-electron chi connectivity index (χ4n) is 0.423. The quantitative estimate of drug-likeness (QED) is 0.433. The zero-order chi connectivity index (χ0) is 7.44. The summed E-state index contributed by atoms with van der Waals surface area (Å²) in [6.45, 7) is 7.53. The summed E-state index contributed by atoms with van der Waals surface area (Å²) in [5.41, 5.74) is 0.706. The van der Waals surface area contributed by atoms with Gasteiger partial charge < -0.3 is 5.11 Å². The van der Waals surface area contributed by atoms with Crippen molar-refractivity contribution in [2.75, 3.05) is 0 Å². The van der Waals surface area contributed by atoms with Crippen molar-refractivity contribution in [3.8, 4) is 12.3 Å². The van der Waals surface area contributed by atoms with Gasteiger partial charge in [0.05, 0.1) is 0 Å². The van der Waals surface area contributed by atoms with Gasteiger partial charge in [-0.3, -0.25) is 0 Å². The Bertz CT molecular complexity index is 139. The van der Waals surface area contributed by atoms with Gasteiger partial charge in [-0.1, -0.05) is 26.3 Å². The summed E-state index contributed by atoms with van der Waals surface area (Å²) in [5, 5.41) is 8.96. The van der Waals surface area contributed by atoms with E-state index >= 15 is 0 Å². The van der Waals surface area contributed by atoms with Crippen LogP contribution in [0.2, 0.25) is 0 Å². The largest absolute Gasteiger partial charge is 0.376 e. The molecule has 0 bridgehead atoms. The molecule has 0 fully saturated rings. The number of rotatable bonds is 2. The lowest BCUT2D eigenvalue weighted by Gasteiger charge is -2.10. The Balaban J connectivity index is 3.92. The number of aliphatic hydroxyl groups excluding tert-OH is 1. The molecule has 0 heterocycles. The minimum atomic E-state index is -0.773. The van der Waals surface area contributed by atoms with E-state index in [1.54, 1.807) is 0 Å². The SMILES string of the molecule is C#CC(O)C(=C)C(C)C. The zero-order valence-electron chi connectivity index (χ0n) is 5.89. The summed E-state index contributed by atoms with van der Waals surface area (Å²) < 4.78 is 0. The fraction of sp³-hybridized carbons (Fsp3) is 0.500. The van der Waals surface area contributed by atoms with Gasteiger partial charge >= 0.3 is 0 Å². The van der Waals surface area contributed by atoms with Crippen LogP contribution in [-0.2, 0) is 0 Å². The summed E-state index contributed by atoms with van der Waals surface area (Å²) in [6.07, 6.45) is 4.18. The molecule has 0 aliphatic rings. The Kier molecular flexibility index (Phi) is 3.05. The molecule has 0 radical (unpaired) electrons. The summed E-state index contributed by atoms with van der Waals surface area (Å²) in [4.78, 5) is 0. The maximum atomic E-state index is 8.96. The standard InChI is InChI=1S/C8H12O/c1-5-8(9)7(4)6(2)3/h1,6,8-9H,4H2,2-3H3. The van der Waals surface area contributed by atoms with Gasteiger partial charge in [0.25, 0.3) is 0 Å². The van der Waals surface area contributed by atoms with Crippen LogP contribution in [0, 0.1) is 18.3 Å². The molecule has 9 heavy (non-hydrogen) atoms. The van der Waals surface area contributed by atoms with E-state index in [0.29, 0.717) is 5.57 Å². The second kappa shape index (κ2) is 3.32. The Morgan fingerprint density at radius 3 is 2.22 bits per heavy atom. The molecule has 0 spiro atoms. The smallest absolute Gasteiger partial charge is 0.135 e. The van der Waals surface area contributed by atoms with Crippen LogP contribution in [0.3, 0.4) is 0 Å². The first-order valence-electron chi connectivity index (χ1n) is 2.92. The van der Waals surface area contributed by atoms with Gasteiger partial charge in [0.1, 0.15) is 6.10 Å². The van der Waals surface area contributed by atoms with Crippen molar-refractivity contribution >= 4 is 0 Å². The molecular formula is C8H12O. The summed E-state index contributed by atoms with van der Waals surface area (Å²) >= 11 is 0. The molecule has 1 atom stereocenters. The van der Waals surface area contributed by atoms with Crippen LogP contribution in [0.5, 0.6) is 0 Å². The Morgan fingerprint density at radius 2 is 2.11 bits per heavy atom. The third kappa shape index (κ3) is 2.34. The molecule has 1 heteroatoms. The number of aliphatic hydroxyl groups is 1. The van der Waals surface area contributed by atoms with Gasteiger partial charge in [-0.15, -0.1) is 6.42 Å². The summed E-state index contributed by atoms with van der Waals surface area (Å²) in [6, 6.07) is 0. The van der Waals surface area contributed by atoms with E-state index in [1.165, 1.54) is 0 Å². The maximum Gasteiger partial charge on any atom is 0.135 e. The third-order valence-corrected chi connectivity index (χ3v) is 1.25. The molecule has 0 aromatic rings. The second-order valence-electron chi connectivity index (χ2n) is 2.30. The van der Waals surface area contributed by atoms with Crippen LogP contribution in [0.4, 0.5) is 0 Å². The topological polar surface area (TPSA) is 20.2 Å². The molecule has 0 saturated carbocycles. The number of hydrogen-bond acceptors (Lipinski definition) is 1. The fourth-order valence-corrected chi connectivity index (χ4v) is 0.423. The van der Waals surface area contributed by atoms with E-state index in [4.69, 9.17) is 11.5 Å². The zero-order valence-corrected chi connectivity index (χ0v) is 5.89. The van der Waals surface area contributed by atoms with E-state index in [1.807, 2.05) is 13.8 Å². The normalized spacial score (nSPS) is 12.8. The molecule has 0 rings (SSSR count). The van der Waals surface area contributed by atoms with Crippen molar-refractivity contribution in [2.24, 2.45) is 5.92 Å². The van der Waals surface area contributed by atoms with Crippen molar-refractivity contribution in [3.05, 3.63) is 12.2 Å².